The van der Waals surface area contributed by atoms with Gasteiger partial charge in [-0.2, -0.15) is 0 Å². The Kier molecular flexibility index (Phi) is 7.68. The van der Waals surface area contributed by atoms with Crippen LogP contribution in [0.25, 0.3) is 16.6 Å². The van der Waals surface area contributed by atoms with E-state index in [1.165, 1.54) is 0 Å². The van der Waals surface area contributed by atoms with Gasteiger partial charge in [-0.3, -0.25) is 0 Å². The van der Waals surface area contributed by atoms with E-state index < -0.39 is 6.10 Å². The summed E-state index contributed by atoms with van der Waals surface area (Å²) in [5.41, 5.74) is 4.32. The van der Waals surface area contributed by atoms with E-state index in [1.54, 1.807) is 6.92 Å². The molecule has 0 amide bonds. The molecule has 0 saturated heterocycles. The summed E-state index contributed by atoms with van der Waals surface area (Å²) < 4.78 is 13.1. The van der Waals surface area contributed by atoms with Crippen LogP contribution in [0.2, 0.25) is 0 Å². The molecule has 2 aromatic carbocycles. The summed E-state index contributed by atoms with van der Waals surface area (Å²) >= 11 is 0. The zero-order chi connectivity index (χ0) is 22.4. The van der Waals surface area contributed by atoms with Crippen molar-refractivity contribution in [3.05, 3.63) is 59.3 Å². The number of ether oxygens (including phenoxy) is 2. The van der Waals surface area contributed by atoms with E-state index in [1.807, 2.05) is 66.2 Å². The fourth-order valence-corrected chi connectivity index (χ4v) is 3.64. The van der Waals surface area contributed by atoms with Crippen LogP contribution in [0, 0.1) is 13.8 Å². The van der Waals surface area contributed by atoms with Crippen molar-refractivity contribution in [2.75, 3.05) is 32.9 Å². The first-order valence-electron chi connectivity index (χ1n) is 10.6. The molecule has 0 aliphatic carbocycles. The molecule has 3 rings (SSSR count). The number of aliphatic hydroxyl groups is 2. The maximum Gasteiger partial charge on any atom is 0.340 e. The van der Waals surface area contributed by atoms with Gasteiger partial charge in [-0.1, -0.05) is 17.7 Å². The number of quaternary nitrogens is 1. The minimum absolute atomic E-state index is 0.0677. The number of nitrogens with two attached hydrogens (primary N) is 1. The molecule has 0 unspecified atom stereocenters. The van der Waals surface area contributed by atoms with Gasteiger partial charge < -0.3 is 29.6 Å². The maximum absolute atomic E-state index is 12.8. The van der Waals surface area contributed by atoms with Crippen molar-refractivity contribution in [3.63, 3.8) is 0 Å². The van der Waals surface area contributed by atoms with Gasteiger partial charge in [0.15, 0.2) is 0 Å². The van der Waals surface area contributed by atoms with Gasteiger partial charge in [0.25, 0.3) is 0 Å². The third-order valence-corrected chi connectivity index (χ3v) is 5.16. The van der Waals surface area contributed by atoms with Crippen LogP contribution in [-0.2, 0) is 4.74 Å². The summed E-state index contributed by atoms with van der Waals surface area (Å²) in [4.78, 5) is 12.8. The number of carbonyl (C=O) groups is 1. The summed E-state index contributed by atoms with van der Waals surface area (Å²) in [5.74, 6) is 0.201. The Morgan fingerprint density at radius 1 is 1.16 bits per heavy atom. The number of nitrogens with zero attached hydrogens (tertiary/aromatic N) is 1. The first-order chi connectivity index (χ1) is 15.0. The Bertz CT molecular complexity index is 1030. The molecule has 0 fully saturated rings. The van der Waals surface area contributed by atoms with Crippen LogP contribution in [0.15, 0.2) is 42.5 Å². The number of benzene rings is 2. The second-order valence-corrected chi connectivity index (χ2v) is 7.53. The number of aryl methyl sites for hydroxylation is 1. The van der Waals surface area contributed by atoms with Gasteiger partial charge in [0.05, 0.1) is 30.8 Å². The minimum Gasteiger partial charge on any atom is -0.491 e. The van der Waals surface area contributed by atoms with E-state index in [4.69, 9.17) is 14.6 Å². The monoisotopic (exact) mass is 427 g/mol. The van der Waals surface area contributed by atoms with Gasteiger partial charge in [-0.25, -0.2) is 4.79 Å². The van der Waals surface area contributed by atoms with Crippen molar-refractivity contribution in [2.24, 2.45) is 0 Å². The Labute approximate surface area is 182 Å². The molecule has 31 heavy (non-hydrogen) atoms. The summed E-state index contributed by atoms with van der Waals surface area (Å²) in [7, 11) is 0. The van der Waals surface area contributed by atoms with Crippen molar-refractivity contribution in [1.29, 1.82) is 0 Å². The molecule has 7 heteroatoms. The van der Waals surface area contributed by atoms with E-state index in [0.717, 1.165) is 27.8 Å². The Morgan fingerprint density at radius 2 is 1.90 bits per heavy atom. The highest BCUT2D eigenvalue weighted by Gasteiger charge is 2.22. The molecule has 0 saturated carbocycles. The number of hydrogen-bond acceptors (Lipinski definition) is 5. The molecule has 0 spiro atoms. The molecule has 166 valence electrons. The molecule has 0 aliphatic heterocycles. The van der Waals surface area contributed by atoms with Gasteiger partial charge in [0.1, 0.15) is 25.0 Å². The normalized spacial score (nSPS) is 12.2. The third kappa shape index (κ3) is 5.25. The molecule has 0 bridgehead atoms. The average molecular weight is 428 g/mol. The van der Waals surface area contributed by atoms with E-state index in [-0.39, 0.29) is 19.2 Å². The Balaban J connectivity index is 1.96. The van der Waals surface area contributed by atoms with Crippen LogP contribution in [0.1, 0.15) is 28.5 Å². The second kappa shape index (κ2) is 10.4. The van der Waals surface area contributed by atoms with Crippen LogP contribution in [0.4, 0.5) is 0 Å². The van der Waals surface area contributed by atoms with Crippen LogP contribution >= 0.6 is 0 Å². The van der Waals surface area contributed by atoms with Gasteiger partial charge >= 0.3 is 5.97 Å². The SMILES string of the molecule is CCOC(=O)c1c(C)n(-c2ccc(C)cc2)c2ccc(OC[C@H](O)C[NH2+]CCO)cc12. The lowest BCUT2D eigenvalue weighted by Gasteiger charge is -2.12. The lowest BCUT2D eigenvalue weighted by molar-refractivity contribution is -0.662. The highest BCUT2D eigenvalue weighted by atomic mass is 16.5. The highest BCUT2D eigenvalue weighted by Crippen LogP contribution is 2.32. The van der Waals surface area contributed by atoms with Gasteiger partial charge in [-0.05, 0) is 51.1 Å². The molecule has 1 aromatic heterocycles. The third-order valence-electron chi connectivity index (χ3n) is 5.16. The van der Waals surface area contributed by atoms with Crippen molar-refractivity contribution in [1.82, 2.24) is 4.57 Å². The molecular formula is C24H31N2O5+. The number of hydrogen-bond donors (Lipinski definition) is 3. The molecule has 7 nitrogen and oxygen atoms in total. The van der Waals surface area contributed by atoms with Crippen molar-refractivity contribution in [2.45, 2.75) is 26.9 Å². The smallest absolute Gasteiger partial charge is 0.340 e. The predicted octanol–water partition coefficient (Wildman–Crippen LogP) is 1.72. The number of fused-ring (bicyclic) bond motifs is 1. The number of aliphatic hydroxyl groups excluding tert-OH is 2. The molecule has 1 atom stereocenters. The van der Waals surface area contributed by atoms with E-state index in [0.29, 0.717) is 31.0 Å². The standard InChI is InChI=1S/C24H30N2O5/c1-4-30-24(29)23-17(3)26(18-7-5-16(2)6-8-18)22-10-9-20(13-21(22)23)31-15-19(28)14-25-11-12-27/h5-10,13,19,25,27-28H,4,11-12,14-15H2,1-3H3/p+1/t19-/m1/s1. The van der Waals surface area contributed by atoms with Crippen molar-refractivity contribution < 1.29 is 29.8 Å². The Morgan fingerprint density at radius 3 is 2.58 bits per heavy atom. The Hall–Kier alpha value is -2.87. The first-order valence-corrected chi connectivity index (χ1v) is 10.6. The second-order valence-electron chi connectivity index (χ2n) is 7.53. The average Bonchev–Trinajstić information content (AvgIpc) is 3.04. The molecule has 0 aliphatic rings. The van der Waals surface area contributed by atoms with Crippen LogP contribution in [0.5, 0.6) is 5.75 Å². The number of aromatic nitrogens is 1. The molecule has 3 aromatic rings. The summed E-state index contributed by atoms with van der Waals surface area (Å²) in [6.07, 6.45) is -0.661. The molecule has 0 radical (unpaired) electrons. The number of rotatable bonds is 10. The van der Waals surface area contributed by atoms with Crippen LogP contribution in [-0.4, -0.2) is 59.8 Å². The van der Waals surface area contributed by atoms with Crippen molar-refractivity contribution >= 4 is 16.9 Å². The van der Waals surface area contributed by atoms with E-state index in [9.17, 15) is 9.90 Å². The van der Waals surface area contributed by atoms with Gasteiger partial charge in [-0.15, -0.1) is 0 Å². The van der Waals surface area contributed by atoms with Gasteiger partial charge in [0, 0.05) is 16.8 Å². The van der Waals surface area contributed by atoms with Crippen LogP contribution in [0.3, 0.4) is 0 Å². The zero-order valence-corrected chi connectivity index (χ0v) is 18.3. The summed E-state index contributed by atoms with van der Waals surface area (Å²) in [6.45, 7) is 7.20. The molecular weight excluding hydrogens is 396 g/mol. The summed E-state index contributed by atoms with van der Waals surface area (Å²) in [6, 6.07) is 13.7. The van der Waals surface area contributed by atoms with Crippen LogP contribution < -0.4 is 10.1 Å². The predicted molar refractivity (Wildman–Crippen MR) is 119 cm³/mol. The fourth-order valence-electron chi connectivity index (χ4n) is 3.64. The topological polar surface area (TPSA) is 97.5 Å². The fraction of sp³-hybridized carbons (Fsp3) is 0.375. The highest BCUT2D eigenvalue weighted by molar-refractivity contribution is 6.07. The minimum atomic E-state index is -0.661. The lowest BCUT2D eigenvalue weighted by Crippen LogP contribution is -2.87. The van der Waals surface area contributed by atoms with Crippen molar-refractivity contribution in [3.8, 4) is 11.4 Å². The quantitative estimate of drug-likeness (QED) is 0.338. The summed E-state index contributed by atoms with van der Waals surface area (Å²) in [5, 5.41) is 21.5. The maximum atomic E-state index is 12.8. The zero-order valence-electron chi connectivity index (χ0n) is 18.3. The number of esters is 1. The van der Waals surface area contributed by atoms with E-state index in [2.05, 4.69) is 0 Å². The molecule has 1 heterocycles. The largest absolute Gasteiger partial charge is 0.491 e. The first kappa shape index (κ1) is 22.8. The lowest BCUT2D eigenvalue weighted by atomic mass is 10.1. The van der Waals surface area contributed by atoms with E-state index >= 15 is 0 Å². The molecule has 4 N–H and O–H groups in total. The number of carbonyl (C=O) groups excluding carboxylic acids is 1. The van der Waals surface area contributed by atoms with Gasteiger partial charge in [0.2, 0.25) is 0 Å².